The molecule has 1 aromatic heterocycles. The van der Waals surface area contributed by atoms with Gasteiger partial charge in [0.1, 0.15) is 0 Å². The maximum atomic E-state index is 5.97. The molecule has 74 valence electrons. The van der Waals surface area contributed by atoms with Crippen molar-refractivity contribution < 1.29 is 0 Å². The lowest BCUT2D eigenvalue weighted by molar-refractivity contribution is 0.591. The van der Waals surface area contributed by atoms with Gasteiger partial charge >= 0.3 is 0 Å². The molecule has 1 aromatic carbocycles. The maximum absolute atomic E-state index is 5.97. The Kier molecular flexibility index (Phi) is 1.81. The van der Waals surface area contributed by atoms with Crippen LogP contribution in [0.5, 0.6) is 0 Å². The molecule has 0 aliphatic heterocycles. The second kappa shape index (κ2) is 2.77. The zero-order valence-corrected chi connectivity index (χ0v) is 8.89. The van der Waals surface area contributed by atoms with Gasteiger partial charge in [-0.15, -0.1) is 0 Å². The van der Waals surface area contributed by atoms with Crippen molar-refractivity contribution >= 4 is 16.6 Å². The van der Waals surface area contributed by atoms with E-state index in [1.807, 2.05) is 6.20 Å². The lowest BCUT2D eigenvalue weighted by Gasteiger charge is -2.19. The summed E-state index contributed by atoms with van der Waals surface area (Å²) in [5, 5.41) is 1.19. The first-order valence-electron chi connectivity index (χ1n) is 4.85. The van der Waals surface area contributed by atoms with E-state index in [2.05, 4.69) is 44.0 Å². The van der Waals surface area contributed by atoms with Gasteiger partial charge in [0.05, 0.1) is 11.2 Å². The van der Waals surface area contributed by atoms with Crippen LogP contribution in [0.4, 0.5) is 5.69 Å². The smallest absolute Gasteiger partial charge is 0.0687 e. The molecule has 0 unspecified atom stereocenters. The minimum absolute atomic E-state index is 0.152. The molecule has 1 heterocycles. The molecule has 0 radical (unpaired) electrons. The molecule has 2 nitrogen and oxygen atoms in total. The Bertz CT molecular complexity index is 461. The normalized spacial score (nSPS) is 12.2. The fourth-order valence-corrected chi connectivity index (χ4v) is 1.63. The lowest BCUT2D eigenvalue weighted by atomic mass is 9.86. The summed E-state index contributed by atoms with van der Waals surface area (Å²) in [6.45, 7) is 6.58. The van der Waals surface area contributed by atoms with Crippen LogP contribution in [0.3, 0.4) is 0 Å². The van der Waals surface area contributed by atoms with Gasteiger partial charge < -0.3 is 10.7 Å². The summed E-state index contributed by atoms with van der Waals surface area (Å²) in [7, 11) is 0. The lowest BCUT2D eigenvalue weighted by Crippen LogP contribution is -2.11. The summed E-state index contributed by atoms with van der Waals surface area (Å²) in [5.74, 6) is 0. The summed E-state index contributed by atoms with van der Waals surface area (Å²) in [6, 6.07) is 6.31. The topological polar surface area (TPSA) is 41.8 Å². The second-order valence-electron chi connectivity index (χ2n) is 4.76. The van der Waals surface area contributed by atoms with E-state index in [-0.39, 0.29) is 5.41 Å². The highest BCUT2D eigenvalue weighted by atomic mass is 14.7. The Labute approximate surface area is 84.1 Å². The minimum atomic E-state index is 0.152. The Balaban J connectivity index is 2.70. The molecule has 0 aliphatic rings. The number of H-pyrrole nitrogens is 1. The Morgan fingerprint density at radius 3 is 2.57 bits per heavy atom. The number of nitrogens with two attached hydrogens (primary N) is 1. The number of hydrogen-bond acceptors (Lipinski definition) is 1. The largest absolute Gasteiger partial charge is 0.397 e. The summed E-state index contributed by atoms with van der Waals surface area (Å²) >= 11 is 0. The van der Waals surface area contributed by atoms with Crippen LogP contribution in [0.2, 0.25) is 0 Å². The van der Waals surface area contributed by atoms with Crippen LogP contribution in [0.15, 0.2) is 24.4 Å². The first kappa shape index (κ1) is 9.13. The molecule has 14 heavy (non-hydrogen) atoms. The molecule has 0 amide bonds. The van der Waals surface area contributed by atoms with Crippen molar-refractivity contribution in [2.75, 3.05) is 5.73 Å². The predicted octanol–water partition coefficient (Wildman–Crippen LogP) is 3.05. The Morgan fingerprint density at radius 1 is 1.21 bits per heavy atom. The van der Waals surface area contributed by atoms with Gasteiger partial charge in [0.15, 0.2) is 0 Å². The van der Waals surface area contributed by atoms with Gasteiger partial charge in [0, 0.05) is 11.6 Å². The number of nitrogens with one attached hydrogen (secondary N) is 1. The first-order chi connectivity index (χ1) is 6.48. The van der Waals surface area contributed by atoms with Crippen molar-refractivity contribution in [2.24, 2.45) is 0 Å². The average Bonchev–Trinajstić information content (AvgIpc) is 2.50. The number of aromatic amines is 1. The van der Waals surface area contributed by atoms with E-state index in [9.17, 15) is 0 Å². The molecule has 2 heteroatoms. The van der Waals surface area contributed by atoms with Gasteiger partial charge in [-0.1, -0.05) is 20.8 Å². The summed E-state index contributed by atoms with van der Waals surface area (Å²) in [4.78, 5) is 3.14. The number of anilines is 1. The van der Waals surface area contributed by atoms with Gasteiger partial charge in [-0.05, 0) is 29.2 Å². The zero-order chi connectivity index (χ0) is 10.3. The molecule has 0 spiro atoms. The van der Waals surface area contributed by atoms with E-state index in [4.69, 9.17) is 5.73 Å². The van der Waals surface area contributed by atoms with Crippen molar-refractivity contribution in [3.8, 4) is 0 Å². The van der Waals surface area contributed by atoms with E-state index in [0.29, 0.717) is 0 Å². The number of rotatable bonds is 0. The van der Waals surface area contributed by atoms with Crippen molar-refractivity contribution in [3.05, 3.63) is 30.0 Å². The van der Waals surface area contributed by atoms with Crippen LogP contribution in [-0.4, -0.2) is 4.98 Å². The summed E-state index contributed by atoms with van der Waals surface area (Å²) < 4.78 is 0. The highest BCUT2D eigenvalue weighted by Crippen LogP contribution is 2.29. The molecule has 2 rings (SSSR count). The van der Waals surface area contributed by atoms with Crippen LogP contribution >= 0.6 is 0 Å². The van der Waals surface area contributed by atoms with E-state index in [1.54, 1.807) is 0 Å². The third kappa shape index (κ3) is 1.37. The molecule has 0 bridgehead atoms. The number of benzene rings is 1. The number of hydrogen-bond donors (Lipinski definition) is 2. The van der Waals surface area contributed by atoms with E-state index >= 15 is 0 Å². The van der Waals surface area contributed by atoms with E-state index in [0.717, 1.165) is 11.2 Å². The molecule has 2 aromatic rings. The molecule has 3 N–H and O–H groups in total. The molecule has 0 saturated heterocycles. The molecule has 0 saturated carbocycles. The van der Waals surface area contributed by atoms with Gasteiger partial charge in [-0.3, -0.25) is 0 Å². The van der Waals surface area contributed by atoms with Crippen molar-refractivity contribution in [1.82, 2.24) is 4.98 Å². The van der Waals surface area contributed by atoms with Crippen LogP contribution in [0.25, 0.3) is 10.9 Å². The van der Waals surface area contributed by atoms with Crippen molar-refractivity contribution in [2.45, 2.75) is 26.2 Å². The monoisotopic (exact) mass is 188 g/mol. The highest BCUT2D eigenvalue weighted by Gasteiger charge is 2.15. The van der Waals surface area contributed by atoms with Crippen LogP contribution in [-0.2, 0) is 5.41 Å². The SMILES string of the molecule is CC(C)(C)c1cc(N)c2[nH]ccc2c1. The highest BCUT2D eigenvalue weighted by molar-refractivity contribution is 5.90. The first-order valence-corrected chi connectivity index (χ1v) is 4.85. The third-order valence-corrected chi connectivity index (χ3v) is 2.56. The fraction of sp³-hybridized carbons (Fsp3) is 0.333. The number of aromatic nitrogens is 1. The Hall–Kier alpha value is -1.44. The molecular weight excluding hydrogens is 172 g/mol. The fourth-order valence-electron chi connectivity index (χ4n) is 1.63. The number of nitrogen functional groups attached to an aromatic ring is 1. The van der Waals surface area contributed by atoms with E-state index < -0.39 is 0 Å². The van der Waals surface area contributed by atoms with Crippen molar-refractivity contribution in [3.63, 3.8) is 0 Å². The standard InChI is InChI=1S/C12H16N2/c1-12(2,3)9-6-8-4-5-14-11(8)10(13)7-9/h4-7,14H,13H2,1-3H3. The van der Waals surface area contributed by atoms with Crippen LogP contribution < -0.4 is 5.73 Å². The van der Waals surface area contributed by atoms with Gasteiger partial charge in [-0.2, -0.15) is 0 Å². The van der Waals surface area contributed by atoms with Gasteiger partial charge in [0.25, 0.3) is 0 Å². The third-order valence-electron chi connectivity index (χ3n) is 2.56. The predicted molar refractivity (Wildman–Crippen MR) is 61.4 cm³/mol. The summed E-state index contributed by atoms with van der Waals surface area (Å²) in [6.07, 6.45) is 1.92. The minimum Gasteiger partial charge on any atom is -0.397 e. The molecule has 0 atom stereocenters. The molecular formula is C12H16N2. The average molecular weight is 188 g/mol. The molecule has 0 aliphatic carbocycles. The van der Waals surface area contributed by atoms with Gasteiger partial charge in [-0.25, -0.2) is 0 Å². The summed E-state index contributed by atoms with van der Waals surface area (Å²) in [5.41, 5.74) is 9.27. The van der Waals surface area contributed by atoms with Gasteiger partial charge in [0.2, 0.25) is 0 Å². The van der Waals surface area contributed by atoms with Crippen LogP contribution in [0, 0.1) is 0 Å². The quantitative estimate of drug-likeness (QED) is 0.613. The van der Waals surface area contributed by atoms with E-state index in [1.165, 1.54) is 10.9 Å². The zero-order valence-electron chi connectivity index (χ0n) is 8.89. The molecule has 0 fully saturated rings. The maximum Gasteiger partial charge on any atom is 0.0687 e. The van der Waals surface area contributed by atoms with Crippen LogP contribution in [0.1, 0.15) is 26.3 Å². The Morgan fingerprint density at radius 2 is 1.93 bits per heavy atom. The van der Waals surface area contributed by atoms with Crippen molar-refractivity contribution in [1.29, 1.82) is 0 Å². The number of fused-ring (bicyclic) bond motifs is 1. The second-order valence-corrected chi connectivity index (χ2v) is 4.76.